The molecule has 0 atom stereocenters. The number of hydrogen-bond acceptors (Lipinski definition) is 4. The zero-order valence-corrected chi connectivity index (χ0v) is 6.23. The van der Waals surface area contributed by atoms with E-state index in [0.717, 1.165) is 5.01 Å². The summed E-state index contributed by atoms with van der Waals surface area (Å²) in [6, 6.07) is 0. The van der Waals surface area contributed by atoms with Crippen LogP contribution in [0.4, 0.5) is 5.00 Å². The number of anilines is 1. The summed E-state index contributed by atoms with van der Waals surface area (Å²) in [4.78, 5) is 14.4. The SMILES string of the molecule is Cc1nc(C(N)=O)c(N)s1. The van der Waals surface area contributed by atoms with Gasteiger partial charge in [0.05, 0.1) is 5.01 Å². The van der Waals surface area contributed by atoms with Crippen molar-refractivity contribution < 1.29 is 4.79 Å². The van der Waals surface area contributed by atoms with E-state index >= 15 is 0 Å². The molecule has 0 radical (unpaired) electrons. The molecule has 54 valence electrons. The lowest BCUT2D eigenvalue weighted by Crippen LogP contribution is -2.13. The molecule has 1 heterocycles. The summed E-state index contributed by atoms with van der Waals surface area (Å²) >= 11 is 1.26. The van der Waals surface area contributed by atoms with Crippen molar-refractivity contribution in [3.05, 3.63) is 10.7 Å². The van der Waals surface area contributed by atoms with Crippen LogP contribution in [0, 0.1) is 6.92 Å². The Morgan fingerprint density at radius 2 is 2.30 bits per heavy atom. The van der Waals surface area contributed by atoms with Crippen LogP contribution in [-0.2, 0) is 0 Å². The van der Waals surface area contributed by atoms with Gasteiger partial charge in [-0.2, -0.15) is 0 Å². The average Bonchev–Trinajstić information content (AvgIpc) is 2.10. The van der Waals surface area contributed by atoms with Crippen LogP contribution in [0.1, 0.15) is 15.5 Å². The molecule has 4 nitrogen and oxygen atoms in total. The molecule has 0 saturated heterocycles. The monoisotopic (exact) mass is 157 g/mol. The summed E-state index contributed by atoms with van der Waals surface area (Å²) in [5.74, 6) is -0.568. The van der Waals surface area contributed by atoms with Gasteiger partial charge in [0, 0.05) is 0 Å². The van der Waals surface area contributed by atoms with Gasteiger partial charge in [-0.05, 0) is 6.92 Å². The predicted molar refractivity (Wildman–Crippen MR) is 39.8 cm³/mol. The van der Waals surface area contributed by atoms with Gasteiger partial charge in [0.1, 0.15) is 5.00 Å². The van der Waals surface area contributed by atoms with Crippen molar-refractivity contribution in [2.24, 2.45) is 5.73 Å². The van der Waals surface area contributed by atoms with Crippen LogP contribution in [0.5, 0.6) is 0 Å². The van der Waals surface area contributed by atoms with Gasteiger partial charge in [-0.25, -0.2) is 4.98 Å². The molecule has 0 unspecified atom stereocenters. The van der Waals surface area contributed by atoms with E-state index in [1.54, 1.807) is 6.92 Å². The average molecular weight is 157 g/mol. The van der Waals surface area contributed by atoms with Crippen molar-refractivity contribution in [3.63, 3.8) is 0 Å². The van der Waals surface area contributed by atoms with E-state index in [9.17, 15) is 4.79 Å². The van der Waals surface area contributed by atoms with Gasteiger partial charge in [-0.3, -0.25) is 4.79 Å². The van der Waals surface area contributed by atoms with Crippen molar-refractivity contribution in [3.8, 4) is 0 Å². The number of rotatable bonds is 1. The third kappa shape index (κ3) is 1.08. The molecule has 5 heteroatoms. The second kappa shape index (κ2) is 2.26. The largest absolute Gasteiger partial charge is 0.389 e. The standard InChI is InChI=1S/C5H7N3OS/c1-2-8-3(4(6)9)5(7)10-2/h7H2,1H3,(H2,6,9). The molecule has 0 aliphatic heterocycles. The van der Waals surface area contributed by atoms with Crippen molar-refractivity contribution in [1.82, 2.24) is 4.98 Å². The molecular weight excluding hydrogens is 150 g/mol. The molecule has 0 aliphatic carbocycles. The molecule has 1 rings (SSSR count). The maximum Gasteiger partial charge on any atom is 0.270 e. The summed E-state index contributed by atoms with van der Waals surface area (Å²) in [5.41, 5.74) is 10.5. The Kier molecular flexibility index (Phi) is 1.58. The highest BCUT2D eigenvalue weighted by atomic mass is 32.1. The lowest BCUT2D eigenvalue weighted by atomic mass is 10.4. The van der Waals surface area contributed by atoms with Crippen LogP contribution in [-0.4, -0.2) is 10.9 Å². The highest BCUT2D eigenvalue weighted by Gasteiger charge is 2.09. The number of hydrogen-bond donors (Lipinski definition) is 2. The Morgan fingerprint density at radius 1 is 1.70 bits per heavy atom. The van der Waals surface area contributed by atoms with Crippen LogP contribution in [0.15, 0.2) is 0 Å². The molecule has 10 heavy (non-hydrogen) atoms. The molecule has 4 N–H and O–H groups in total. The molecule has 0 aromatic carbocycles. The summed E-state index contributed by atoms with van der Waals surface area (Å²) < 4.78 is 0. The summed E-state index contributed by atoms with van der Waals surface area (Å²) in [7, 11) is 0. The van der Waals surface area contributed by atoms with E-state index in [1.807, 2.05) is 0 Å². The van der Waals surface area contributed by atoms with Crippen LogP contribution >= 0.6 is 11.3 Å². The first-order valence-corrected chi connectivity index (χ1v) is 3.45. The van der Waals surface area contributed by atoms with Crippen LogP contribution in [0.25, 0.3) is 0 Å². The molecular formula is C5H7N3OS. The van der Waals surface area contributed by atoms with Gasteiger partial charge in [0.2, 0.25) is 0 Å². The second-order valence-corrected chi connectivity index (χ2v) is 3.04. The Balaban J connectivity index is 3.15. The molecule has 0 spiro atoms. The first kappa shape index (κ1) is 7.01. The van der Waals surface area contributed by atoms with Gasteiger partial charge in [-0.15, -0.1) is 11.3 Å². The van der Waals surface area contributed by atoms with E-state index in [0.29, 0.717) is 5.00 Å². The van der Waals surface area contributed by atoms with Crippen LogP contribution < -0.4 is 11.5 Å². The minimum absolute atomic E-state index is 0.183. The summed E-state index contributed by atoms with van der Waals surface area (Å²) in [5, 5.41) is 1.15. The molecule has 1 aromatic heterocycles. The fraction of sp³-hybridized carbons (Fsp3) is 0.200. The Hall–Kier alpha value is -1.10. The molecule has 0 aliphatic rings. The van der Waals surface area contributed by atoms with E-state index in [-0.39, 0.29) is 5.69 Å². The van der Waals surface area contributed by atoms with Gasteiger partial charge in [-0.1, -0.05) is 0 Å². The van der Waals surface area contributed by atoms with Crippen molar-refractivity contribution in [1.29, 1.82) is 0 Å². The number of amides is 1. The zero-order chi connectivity index (χ0) is 7.72. The van der Waals surface area contributed by atoms with Gasteiger partial charge in [0.15, 0.2) is 5.69 Å². The lowest BCUT2D eigenvalue weighted by molar-refractivity contribution is 0.0997. The summed E-state index contributed by atoms with van der Waals surface area (Å²) in [6.45, 7) is 1.77. The van der Waals surface area contributed by atoms with Crippen molar-refractivity contribution >= 4 is 22.2 Å². The Morgan fingerprint density at radius 3 is 2.50 bits per heavy atom. The van der Waals surface area contributed by atoms with Crippen LogP contribution in [0.3, 0.4) is 0 Å². The number of nitrogens with two attached hydrogens (primary N) is 2. The van der Waals surface area contributed by atoms with Gasteiger partial charge >= 0.3 is 0 Å². The number of aromatic nitrogens is 1. The Bertz CT molecular complexity index is 268. The molecule has 0 bridgehead atoms. The van der Waals surface area contributed by atoms with Crippen molar-refractivity contribution in [2.45, 2.75) is 6.92 Å². The lowest BCUT2D eigenvalue weighted by Gasteiger charge is -1.86. The van der Waals surface area contributed by atoms with E-state index in [4.69, 9.17) is 11.5 Å². The van der Waals surface area contributed by atoms with E-state index in [2.05, 4.69) is 4.98 Å². The predicted octanol–water partition coefficient (Wildman–Crippen LogP) is 0.133. The number of carbonyl (C=O) groups excluding carboxylic acids is 1. The quantitative estimate of drug-likeness (QED) is 0.608. The normalized spacial score (nSPS) is 9.70. The Labute approximate surface area is 61.9 Å². The van der Waals surface area contributed by atoms with Crippen molar-refractivity contribution in [2.75, 3.05) is 5.73 Å². The molecule has 0 fully saturated rings. The third-order valence-electron chi connectivity index (χ3n) is 0.994. The second-order valence-electron chi connectivity index (χ2n) is 1.81. The first-order chi connectivity index (χ1) is 4.61. The van der Waals surface area contributed by atoms with Gasteiger partial charge < -0.3 is 11.5 Å². The number of primary amides is 1. The smallest absolute Gasteiger partial charge is 0.270 e. The highest BCUT2D eigenvalue weighted by Crippen LogP contribution is 2.18. The van der Waals surface area contributed by atoms with Crippen LogP contribution in [0.2, 0.25) is 0 Å². The van der Waals surface area contributed by atoms with E-state index < -0.39 is 5.91 Å². The maximum absolute atomic E-state index is 10.5. The van der Waals surface area contributed by atoms with Gasteiger partial charge in [0.25, 0.3) is 5.91 Å². The zero-order valence-electron chi connectivity index (χ0n) is 5.42. The minimum atomic E-state index is -0.568. The molecule has 1 amide bonds. The topological polar surface area (TPSA) is 82.0 Å². The fourth-order valence-corrected chi connectivity index (χ4v) is 1.32. The molecule has 0 saturated carbocycles. The number of carbonyl (C=O) groups is 1. The number of aryl methyl sites for hydroxylation is 1. The fourth-order valence-electron chi connectivity index (χ4n) is 0.619. The number of nitrogen functional groups attached to an aromatic ring is 1. The third-order valence-corrected chi connectivity index (χ3v) is 1.79. The summed E-state index contributed by atoms with van der Waals surface area (Å²) in [6.07, 6.45) is 0. The number of thiazole rings is 1. The number of nitrogens with zero attached hydrogens (tertiary/aromatic N) is 1. The molecule has 1 aromatic rings. The first-order valence-electron chi connectivity index (χ1n) is 2.64. The maximum atomic E-state index is 10.5. The minimum Gasteiger partial charge on any atom is -0.389 e. The van der Waals surface area contributed by atoms with E-state index in [1.165, 1.54) is 11.3 Å². The highest BCUT2D eigenvalue weighted by molar-refractivity contribution is 7.15.